The molecule has 3 aromatic carbocycles. The van der Waals surface area contributed by atoms with Crippen LogP contribution in [0.15, 0.2) is 101 Å². The molecule has 0 aliphatic carbocycles. The second-order valence-electron chi connectivity index (χ2n) is 8.63. The number of urea groups is 1. The first-order valence-electron chi connectivity index (χ1n) is 11.9. The van der Waals surface area contributed by atoms with Gasteiger partial charge in [0.15, 0.2) is 0 Å². The number of benzene rings is 3. The van der Waals surface area contributed by atoms with Crippen molar-refractivity contribution >= 4 is 21.8 Å². The third kappa shape index (κ3) is 7.41. The highest BCUT2D eigenvalue weighted by Crippen LogP contribution is 2.31. The van der Waals surface area contributed by atoms with E-state index in [1.165, 1.54) is 23.3 Å². The largest absolute Gasteiger partial charge is 0.467 e. The van der Waals surface area contributed by atoms with Gasteiger partial charge >= 0.3 is 22.3 Å². The minimum Gasteiger partial charge on any atom is -0.467 e. The SMILES string of the molecule is CCc1cccc(NC(=O)N(Cc2ccc(OS(=O)(=O)c3cccc(C(F)(F)F)c3)cc2)Cc2ccco2)c1. The van der Waals surface area contributed by atoms with E-state index in [2.05, 4.69) is 5.32 Å². The lowest BCUT2D eigenvalue weighted by Crippen LogP contribution is -2.34. The number of amides is 2. The first kappa shape index (κ1) is 27.8. The molecule has 11 heteroatoms. The summed E-state index contributed by atoms with van der Waals surface area (Å²) in [4.78, 5) is 14.0. The van der Waals surface area contributed by atoms with Crippen molar-refractivity contribution in [3.05, 3.63) is 114 Å². The van der Waals surface area contributed by atoms with E-state index in [1.807, 2.05) is 25.1 Å². The number of nitrogens with one attached hydrogen (secondary N) is 1. The minimum atomic E-state index is -4.69. The lowest BCUT2D eigenvalue weighted by atomic mass is 10.1. The Balaban J connectivity index is 1.48. The summed E-state index contributed by atoms with van der Waals surface area (Å²) >= 11 is 0. The Morgan fingerprint density at radius 2 is 1.67 bits per heavy atom. The summed E-state index contributed by atoms with van der Waals surface area (Å²) < 4.78 is 74.6. The molecule has 0 fully saturated rings. The number of hydrogen-bond acceptors (Lipinski definition) is 5. The molecule has 39 heavy (non-hydrogen) atoms. The Kier molecular flexibility index (Phi) is 8.29. The van der Waals surface area contributed by atoms with Gasteiger partial charge in [-0.15, -0.1) is 0 Å². The zero-order chi connectivity index (χ0) is 28.0. The quantitative estimate of drug-likeness (QED) is 0.227. The smallest absolute Gasteiger partial charge is 0.416 e. The van der Waals surface area contributed by atoms with E-state index in [0.29, 0.717) is 23.1 Å². The molecule has 2 amide bonds. The Labute approximate surface area is 224 Å². The zero-order valence-corrected chi connectivity index (χ0v) is 21.6. The van der Waals surface area contributed by atoms with Crippen LogP contribution in [0.3, 0.4) is 0 Å². The summed E-state index contributed by atoms with van der Waals surface area (Å²) in [5.74, 6) is 0.481. The molecule has 0 aliphatic heterocycles. The van der Waals surface area contributed by atoms with Crippen molar-refractivity contribution in [1.82, 2.24) is 4.90 Å². The third-order valence-corrected chi connectivity index (χ3v) is 7.00. The fourth-order valence-corrected chi connectivity index (χ4v) is 4.71. The van der Waals surface area contributed by atoms with E-state index >= 15 is 0 Å². The van der Waals surface area contributed by atoms with E-state index in [-0.39, 0.29) is 24.9 Å². The molecule has 1 N–H and O–H groups in total. The number of carbonyl (C=O) groups excluding carboxylic acids is 1. The van der Waals surface area contributed by atoms with Crippen molar-refractivity contribution in [2.45, 2.75) is 37.5 Å². The second-order valence-corrected chi connectivity index (χ2v) is 10.2. The number of halogens is 3. The molecule has 0 unspecified atom stereocenters. The van der Waals surface area contributed by atoms with Gasteiger partial charge in [-0.2, -0.15) is 21.6 Å². The number of aryl methyl sites for hydroxylation is 1. The molecule has 0 aliphatic rings. The number of anilines is 1. The van der Waals surface area contributed by atoms with Crippen LogP contribution in [-0.2, 0) is 35.8 Å². The standard InChI is InChI=1S/C28H25F3N2O5S/c1-2-20-6-3-8-23(16-20)32-27(34)33(19-25-9-5-15-37-25)18-21-11-13-24(14-12-21)38-39(35,36)26-10-4-7-22(17-26)28(29,30)31/h3-17H,2,18-19H2,1H3,(H,32,34). The van der Waals surface area contributed by atoms with Gasteiger partial charge in [0.2, 0.25) is 0 Å². The van der Waals surface area contributed by atoms with Gasteiger partial charge in [0.05, 0.1) is 18.4 Å². The van der Waals surface area contributed by atoms with Crippen LogP contribution < -0.4 is 9.50 Å². The van der Waals surface area contributed by atoms with Crippen LogP contribution >= 0.6 is 0 Å². The lowest BCUT2D eigenvalue weighted by molar-refractivity contribution is -0.137. The number of carbonyl (C=O) groups is 1. The number of nitrogens with zero attached hydrogens (tertiary/aromatic N) is 1. The van der Waals surface area contributed by atoms with Crippen LogP contribution in [0.4, 0.5) is 23.7 Å². The number of hydrogen-bond donors (Lipinski definition) is 1. The summed E-state index contributed by atoms with van der Waals surface area (Å²) in [5, 5.41) is 2.89. The minimum absolute atomic E-state index is 0.0884. The maximum atomic E-state index is 13.1. The van der Waals surface area contributed by atoms with Gasteiger partial charge in [0.25, 0.3) is 0 Å². The molecule has 4 aromatic rings. The van der Waals surface area contributed by atoms with Gasteiger partial charge in [-0.1, -0.05) is 37.3 Å². The summed E-state index contributed by atoms with van der Waals surface area (Å²) in [6.45, 7) is 2.34. The van der Waals surface area contributed by atoms with Crippen molar-refractivity contribution in [2.75, 3.05) is 5.32 Å². The Hall–Kier alpha value is -4.25. The number of furan rings is 1. The van der Waals surface area contributed by atoms with Crippen LogP contribution in [0.1, 0.15) is 29.4 Å². The Morgan fingerprint density at radius 1 is 0.923 bits per heavy atom. The average molecular weight is 559 g/mol. The number of rotatable bonds is 9. The van der Waals surface area contributed by atoms with Crippen LogP contribution in [0.25, 0.3) is 0 Å². The summed E-state index contributed by atoms with van der Waals surface area (Å²) in [6.07, 6.45) is -2.37. The molecule has 1 heterocycles. The predicted octanol–water partition coefficient (Wildman–Crippen LogP) is 6.86. The first-order valence-corrected chi connectivity index (χ1v) is 13.3. The average Bonchev–Trinajstić information content (AvgIpc) is 3.42. The molecular weight excluding hydrogens is 533 g/mol. The molecule has 0 spiro atoms. The van der Waals surface area contributed by atoms with E-state index in [1.54, 1.807) is 30.3 Å². The fraction of sp³-hybridized carbons (Fsp3) is 0.179. The second kappa shape index (κ2) is 11.6. The predicted molar refractivity (Wildman–Crippen MR) is 138 cm³/mol. The third-order valence-electron chi connectivity index (χ3n) is 5.75. The molecular formula is C28H25F3N2O5S. The van der Waals surface area contributed by atoms with E-state index < -0.39 is 26.8 Å². The van der Waals surface area contributed by atoms with Crippen molar-refractivity contribution in [1.29, 1.82) is 0 Å². The number of alkyl halides is 3. The highest BCUT2D eigenvalue weighted by Gasteiger charge is 2.32. The van der Waals surface area contributed by atoms with E-state index in [0.717, 1.165) is 30.2 Å². The van der Waals surface area contributed by atoms with Crippen LogP contribution in [0.2, 0.25) is 0 Å². The molecule has 4 rings (SSSR count). The highest BCUT2D eigenvalue weighted by atomic mass is 32.2. The molecule has 0 saturated heterocycles. The lowest BCUT2D eigenvalue weighted by Gasteiger charge is -2.22. The monoisotopic (exact) mass is 558 g/mol. The van der Waals surface area contributed by atoms with Crippen molar-refractivity contribution < 1.29 is 35.0 Å². The molecule has 0 radical (unpaired) electrons. The van der Waals surface area contributed by atoms with Gasteiger partial charge < -0.3 is 18.8 Å². The fourth-order valence-electron chi connectivity index (χ4n) is 3.74. The van der Waals surface area contributed by atoms with Crippen LogP contribution in [-0.4, -0.2) is 19.3 Å². The van der Waals surface area contributed by atoms with Crippen LogP contribution in [0, 0.1) is 0 Å². The topological polar surface area (TPSA) is 88.9 Å². The summed E-state index contributed by atoms with van der Waals surface area (Å²) in [6, 6.07) is 19.8. The van der Waals surface area contributed by atoms with Crippen molar-refractivity contribution in [3.8, 4) is 5.75 Å². The van der Waals surface area contributed by atoms with Gasteiger partial charge in [-0.05, 0) is 72.1 Å². The van der Waals surface area contributed by atoms with Crippen molar-refractivity contribution in [2.24, 2.45) is 0 Å². The normalized spacial score (nSPS) is 11.7. The molecule has 0 saturated carbocycles. The molecule has 0 bridgehead atoms. The highest BCUT2D eigenvalue weighted by molar-refractivity contribution is 7.87. The maximum absolute atomic E-state index is 13.1. The maximum Gasteiger partial charge on any atom is 0.416 e. The van der Waals surface area contributed by atoms with Gasteiger partial charge in [0, 0.05) is 12.2 Å². The molecule has 1 aromatic heterocycles. The zero-order valence-electron chi connectivity index (χ0n) is 20.8. The summed E-state index contributed by atoms with van der Waals surface area (Å²) in [7, 11) is -4.51. The Bertz CT molecular complexity index is 1520. The molecule has 0 atom stereocenters. The van der Waals surface area contributed by atoms with E-state index in [9.17, 15) is 26.4 Å². The van der Waals surface area contributed by atoms with E-state index in [4.69, 9.17) is 8.60 Å². The molecule has 7 nitrogen and oxygen atoms in total. The Morgan fingerprint density at radius 3 is 2.33 bits per heavy atom. The van der Waals surface area contributed by atoms with Gasteiger partial charge in [-0.25, -0.2) is 4.79 Å². The van der Waals surface area contributed by atoms with Crippen LogP contribution in [0.5, 0.6) is 5.75 Å². The van der Waals surface area contributed by atoms with Gasteiger partial charge in [-0.3, -0.25) is 0 Å². The van der Waals surface area contributed by atoms with Gasteiger partial charge in [0.1, 0.15) is 16.4 Å². The summed E-state index contributed by atoms with van der Waals surface area (Å²) in [5.41, 5.74) is 1.27. The molecule has 204 valence electrons. The first-order chi connectivity index (χ1) is 18.5. The van der Waals surface area contributed by atoms with Crippen molar-refractivity contribution in [3.63, 3.8) is 0 Å².